The van der Waals surface area contributed by atoms with Gasteiger partial charge in [0.25, 0.3) is 11.8 Å². The summed E-state index contributed by atoms with van der Waals surface area (Å²) in [4.78, 5) is 24.5. The lowest BCUT2D eigenvalue weighted by Gasteiger charge is -2.19. The van der Waals surface area contributed by atoms with Gasteiger partial charge in [0.1, 0.15) is 0 Å². The third-order valence-electron chi connectivity index (χ3n) is 4.02. The van der Waals surface area contributed by atoms with Crippen LogP contribution in [0.2, 0.25) is 0 Å². The smallest absolute Gasteiger partial charge is 0.387 e. The molecular formula is C21H24F2N2O4. The number of amides is 2. The number of rotatable bonds is 6. The van der Waals surface area contributed by atoms with Gasteiger partial charge < -0.3 is 9.47 Å². The van der Waals surface area contributed by atoms with Crippen molar-refractivity contribution in [1.29, 1.82) is 0 Å². The number of halogens is 2. The normalized spacial score (nSPS) is 11.1. The minimum Gasteiger partial charge on any atom is -0.490 e. The lowest BCUT2D eigenvalue weighted by molar-refractivity contribution is -0.0514. The van der Waals surface area contributed by atoms with Crippen molar-refractivity contribution >= 4 is 11.8 Å². The largest absolute Gasteiger partial charge is 0.490 e. The standard InChI is InChI=1S/C21H24F2N2O4/c1-5-28-17-12-14(8-11-16(17)29-20(22)23)19(27)25-24-18(26)13-6-9-15(10-7-13)21(2,3)4/h6-12,20H,5H2,1-4H3,(H,24,26)(H,25,27). The highest BCUT2D eigenvalue weighted by Crippen LogP contribution is 2.29. The van der Waals surface area contributed by atoms with Crippen molar-refractivity contribution in [2.75, 3.05) is 6.61 Å². The second kappa shape index (κ2) is 9.36. The molecule has 0 aliphatic rings. The summed E-state index contributed by atoms with van der Waals surface area (Å²) in [7, 11) is 0. The van der Waals surface area contributed by atoms with Gasteiger partial charge in [0.15, 0.2) is 11.5 Å². The van der Waals surface area contributed by atoms with E-state index < -0.39 is 18.4 Å². The molecule has 0 saturated carbocycles. The van der Waals surface area contributed by atoms with Crippen molar-refractivity contribution in [1.82, 2.24) is 10.9 Å². The minimum absolute atomic E-state index is 0.00421. The summed E-state index contributed by atoms with van der Waals surface area (Å²) in [5.41, 5.74) is 6.14. The van der Waals surface area contributed by atoms with Gasteiger partial charge >= 0.3 is 6.61 Å². The highest BCUT2D eigenvalue weighted by molar-refractivity contribution is 5.99. The number of alkyl halides is 2. The molecule has 0 aliphatic carbocycles. The molecule has 29 heavy (non-hydrogen) atoms. The SMILES string of the molecule is CCOc1cc(C(=O)NNC(=O)c2ccc(C(C)(C)C)cc2)ccc1OC(F)F. The van der Waals surface area contributed by atoms with Crippen LogP contribution in [-0.4, -0.2) is 25.0 Å². The van der Waals surface area contributed by atoms with E-state index in [1.54, 1.807) is 19.1 Å². The molecule has 0 aromatic heterocycles. The molecule has 0 atom stereocenters. The second-order valence-electron chi connectivity index (χ2n) is 7.21. The van der Waals surface area contributed by atoms with Crippen molar-refractivity contribution < 1.29 is 27.8 Å². The van der Waals surface area contributed by atoms with Crippen LogP contribution in [0.5, 0.6) is 11.5 Å². The van der Waals surface area contributed by atoms with Gasteiger partial charge in [-0.1, -0.05) is 32.9 Å². The second-order valence-corrected chi connectivity index (χ2v) is 7.21. The first-order chi connectivity index (χ1) is 13.6. The zero-order chi connectivity index (χ0) is 21.6. The molecule has 0 spiro atoms. The Labute approximate surface area is 168 Å². The Morgan fingerprint density at radius 3 is 2.00 bits per heavy atom. The first kappa shape index (κ1) is 22.1. The summed E-state index contributed by atoms with van der Waals surface area (Å²) in [6.45, 7) is 5.05. The molecule has 0 unspecified atom stereocenters. The van der Waals surface area contributed by atoms with Crippen LogP contribution in [0.25, 0.3) is 0 Å². The average Bonchev–Trinajstić information content (AvgIpc) is 2.66. The number of carbonyl (C=O) groups is 2. The van der Waals surface area contributed by atoms with Crippen LogP contribution < -0.4 is 20.3 Å². The van der Waals surface area contributed by atoms with E-state index in [9.17, 15) is 18.4 Å². The predicted octanol–water partition coefficient (Wildman–Crippen LogP) is 4.06. The quantitative estimate of drug-likeness (QED) is 0.710. The van der Waals surface area contributed by atoms with Crippen molar-refractivity contribution in [3.8, 4) is 11.5 Å². The molecule has 2 aromatic rings. The molecule has 2 amide bonds. The van der Waals surface area contributed by atoms with E-state index in [1.165, 1.54) is 18.2 Å². The van der Waals surface area contributed by atoms with Crippen LogP contribution in [0.15, 0.2) is 42.5 Å². The molecule has 0 bridgehead atoms. The van der Waals surface area contributed by atoms with E-state index >= 15 is 0 Å². The Bertz CT molecular complexity index is 862. The summed E-state index contributed by atoms with van der Waals surface area (Å²) < 4.78 is 34.5. The molecule has 156 valence electrons. The number of nitrogens with one attached hydrogen (secondary N) is 2. The lowest BCUT2D eigenvalue weighted by Crippen LogP contribution is -2.41. The third-order valence-corrected chi connectivity index (χ3v) is 4.02. The Hall–Kier alpha value is -3.16. The molecule has 2 rings (SSSR count). The maximum Gasteiger partial charge on any atom is 0.387 e. The fourth-order valence-corrected chi connectivity index (χ4v) is 2.49. The average molecular weight is 406 g/mol. The summed E-state index contributed by atoms with van der Waals surface area (Å²) in [5.74, 6) is -1.29. The fraction of sp³-hybridized carbons (Fsp3) is 0.333. The molecule has 0 fully saturated rings. The van der Waals surface area contributed by atoms with Crippen molar-refractivity contribution in [2.24, 2.45) is 0 Å². The highest BCUT2D eigenvalue weighted by atomic mass is 19.3. The van der Waals surface area contributed by atoms with Crippen molar-refractivity contribution in [3.63, 3.8) is 0 Å². The van der Waals surface area contributed by atoms with E-state index in [2.05, 4.69) is 36.4 Å². The maximum absolute atomic E-state index is 12.5. The van der Waals surface area contributed by atoms with Crippen LogP contribution in [-0.2, 0) is 5.41 Å². The van der Waals surface area contributed by atoms with Crippen LogP contribution in [0.3, 0.4) is 0 Å². The summed E-state index contributed by atoms with van der Waals surface area (Å²) in [6, 6.07) is 10.8. The zero-order valence-corrected chi connectivity index (χ0v) is 16.7. The molecule has 0 saturated heterocycles. The number of carbonyl (C=O) groups excluding carboxylic acids is 2. The summed E-state index contributed by atoms with van der Waals surface area (Å²) >= 11 is 0. The van der Waals surface area contributed by atoms with Crippen LogP contribution >= 0.6 is 0 Å². The van der Waals surface area contributed by atoms with Gasteiger partial charge in [0, 0.05) is 11.1 Å². The van der Waals surface area contributed by atoms with E-state index in [0.717, 1.165) is 5.56 Å². The highest BCUT2D eigenvalue weighted by Gasteiger charge is 2.17. The topological polar surface area (TPSA) is 76.7 Å². The molecular weight excluding hydrogens is 382 g/mol. The summed E-state index contributed by atoms with van der Waals surface area (Å²) in [5, 5.41) is 0. The van der Waals surface area contributed by atoms with E-state index in [4.69, 9.17) is 4.74 Å². The van der Waals surface area contributed by atoms with Gasteiger partial charge in [-0.3, -0.25) is 20.4 Å². The Balaban J connectivity index is 2.04. The predicted molar refractivity (Wildman–Crippen MR) is 104 cm³/mol. The fourth-order valence-electron chi connectivity index (χ4n) is 2.49. The molecule has 8 heteroatoms. The Morgan fingerprint density at radius 2 is 1.48 bits per heavy atom. The lowest BCUT2D eigenvalue weighted by atomic mass is 9.87. The Kier molecular flexibility index (Phi) is 7.14. The number of hydrogen-bond donors (Lipinski definition) is 2. The van der Waals surface area contributed by atoms with Gasteiger partial charge in [-0.05, 0) is 48.2 Å². The van der Waals surface area contributed by atoms with E-state index in [1.807, 2.05) is 12.1 Å². The maximum atomic E-state index is 12.5. The van der Waals surface area contributed by atoms with E-state index in [-0.39, 0.29) is 29.1 Å². The van der Waals surface area contributed by atoms with Gasteiger partial charge in [-0.2, -0.15) is 8.78 Å². The van der Waals surface area contributed by atoms with E-state index in [0.29, 0.717) is 5.56 Å². The van der Waals surface area contributed by atoms with Crippen LogP contribution in [0.4, 0.5) is 8.78 Å². The number of hydrogen-bond acceptors (Lipinski definition) is 4. The van der Waals surface area contributed by atoms with Crippen molar-refractivity contribution in [3.05, 3.63) is 59.2 Å². The van der Waals surface area contributed by atoms with Crippen molar-refractivity contribution in [2.45, 2.75) is 39.7 Å². The zero-order valence-electron chi connectivity index (χ0n) is 16.7. The number of benzene rings is 2. The van der Waals surface area contributed by atoms with Crippen LogP contribution in [0.1, 0.15) is 54.0 Å². The van der Waals surface area contributed by atoms with Gasteiger partial charge in [0.05, 0.1) is 6.61 Å². The summed E-state index contributed by atoms with van der Waals surface area (Å²) in [6.07, 6.45) is 0. The monoisotopic (exact) mass is 406 g/mol. The third kappa shape index (κ3) is 6.17. The molecule has 6 nitrogen and oxygen atoms in total. The van der Waals surface area contributed by atoms with Gasteiger partial charge in [0.2, 0.25) is 0 Å². The molecule has 2 N–H and O–H groups in total. The van der Waals surface area contributed by atoms with Gasteiger partial charge in [-0.25, -0.2) is 0 Å². The first-order valence-corrected chi connectivity index (χ1v) is 9.04. The first-order valence-electron chi connectivity index (χ1n) is 9.04. The van der Waals surface area contributed by atoms with Gasteiger partial charge in [-0.15, -0.1) is 0 Å². The van der Waals surface area contributed by atoms with Crippen LogP contribution in [0, 0.1) is 0 Å². The molecule has 2 aromatic carbocycles. The molecule has 0 radical (unpaired) electrons. The molecule has 0 heterocycles. The number of hydrazine groups is 1. The number of ether oxygens (including phenoxy) is 2. The minimum atomic E-state index is -3.02. The Morgan fingerprint density at radius 1 is 0.931 bits per heavy atom. The molecule has 0 aliphatic heterocycles.